The summed E-state index contributed by atoms with van der Waals surface area (Å²) >= 11 is 0. The van der Waals surface area contributed by atoms with Crippen LogP contribution < -0.4 is 4.74 Å². The number of hydrogen-bond acceptors (Lipinski definition) is 1. The standard InChI is InChI=1S/C23H35F3OSi/c1-22(15-13-21(28-2)14-16-22)19-9-5-17(6-10-19)3-4-18-7-11-20(12-8-18)27-23(24,25)26/h7-8,11-12,17,19,21H,3-6,9-10,13-16,28H2,1-2H3/t17?,19?,21-,22-. The van der Waals surface area contributed by atoms with Crippen LogP contribution in [0.3, 0.4) is 0 Å². The second-order valence-electron chi connectivity index (χ2n) is 9.45. The van der Waals surface area contributed by atoms with Crippen molar-refractivity contribution in [2.45, 2.75) is 89.6 Å². The van der Waals surface area contributed by atoms with Gasteiger partial charge in [0.05, 0.1) is 0 Å². The van der Waals surface area contributed by atoms with Crippen LogP contribution in [0.4, 0.5) is 13.2 Å². The van der Waals surface area contributed by atoms with Gasteiger partial charge in [0.2, 0.25) is 0 Å². The number of aryl methyl sites for hydroxylation is 1. The van der Waals surface area contributed by atoms with Crippen molar-refractivity contribution in [2.75, 3.05) is 0 Å². The average Bonchev–Trinajstić information content (AvgIpc) is 2.67. The van der Waals surface area contributed by atoms with Gasteiger partial charge in [-0.25, -0.2) is 0 Å². The van der Waals surface area contributed by atoms with Gasteiger partial charge in [0.1, 0.15) is 5.75 Å². The zero-order chi connectivity index (χ0) is 20.2. The van der Waals surface area contributed by atoms with E-state index in [1.165, 1.54) is 63.5 Å². The zero-order valence-corrected chi connectivity index (χ0v) is 18.8. The van der Waals surface area contributed by atoms with Gasteiger partial charge in [0, 0.05) is 9.52 Å². The second-order valence-corrected chi connectivity index (χ2v) is 11.4. The summed E-state index contributed by atoms with van der Waals surface area (Å²) in [6.07, 6.45) is 8.70. The maximum Gasteiger partial charge on any atom is 0.573 e. The van der Waals surface area contributed by atoms with Crippen molar-refractivity contribution in [1.29, 1.82) is 0 Å². The van der Waals surface area contributed by atoms with Gasteiger partial charge >= 0.3 is 6.36 Å². The molecule has 0 unspecified atom stereocenters. The lowest BCUT2D eigenvalue weighted by atomic mass is 9.61. The topological polar surface area (TPSA) is 9.23 Å². The zero-order valence-electron chi connectivity index (χ0n) is 17.4. The van der Waals surface area contributed by atoms with E-state index >= 15 is 0 Å². The van der Waals surface area contributed by atoms with Gasteiger partial charge in [0.15, 0.2) is 0 Å². The molecule has 0 aliphatic heterocycles. The Kier molecular flexibility index (Phi) is 7.16. The number of halogens is 3. The van der Waals surface area contributed by atoms with E-state index in [-0.39, 0.29) is 15.3 Å². The smallest absolute Gasteiger partial charge is 0.406 e. The molecular weight excluding hydrogens is 377 g/mol. The van der Waals surface area contributed by atoms with Crippen LogP contribution in [-0.4, -0.2) is 15.9 Å². The summed E-state index contributed by atoms with van der Waals surface area (Å²) in [4.78, 5) is 0. The van der Waals surface area contributed by atoms with Crippen molar-refractivity contribution in [3.63, 3.8) is 0 Å². The minimum Gasteiger partial charge on any atom is -0.406 e. The van der Waals surface area contributed by atoms with Gasteiger partial charge in [-0.2, -0.15) is 0 Å². The van der Waals surface area contributed by atoms with Gasteiger partial charge in [-0.1, -0.05) is 56.8 Å². The van der Waals surface area contributed by atoms with E-state index in [4.69, 9.17) is 0 Å². The molecule has 0 spiro atoms. The number of hydrogen-bond donors (Lipinski definition) is 0. The molecule has 2 fully saturated rings. The molecule has 1 aromatic carbocycles. The lowest BCUT2D eigenvalue weighted by Crippen LogP contribution is -2.34. The molecule has 5 heteroatoms. The molecule has 1 nitrogen and oxygen atoms in total. The molecule has 2 aliphatic carbocycles. The molecule has 28 heavy (non-hydrogen) atoms. The average molecular weight is 413 g/mol. The fourth-order valence-corrected chi connectivity index (χ4v) is 6.75. The van der Waals surface area contributed by atoms with Crippen molar-refractivity contribution in [2.24, 2.45) is 17.3 Å². The lowest BCUT2D eigenvalue weighted by molar-refractivity contribution is -0.274. The number of alkyl halides is 3. The van der Waals surface area contributed by atoms with Crippen LogP contribution >= 0.6 is 0 Å². The summed E-state index contributed by atoms with van der Waals surface area (Å²) in [7, 11) is 0.175. The summed E-state index contributed by atoms with van der Waals surface area (Å²) in [6, 6.07) is 6.39. The second kappa shape index (κ2) is 9.23. The quantitative estimate of drug-likeness (QED) is 0.461. The molecule has 3 rings (SSSR count). The van der Waals surface area contributed by atoms with Crippen LogP contribution in [-0.2, 0) is 6.42 Å². The minimum atomic E-state index is -4.62. The van der Waals surface area contributed by atoms with Crippen LogP contribution in [0.5, 0.6) is 5.75 Å². The van der Waals surface area contributed by atoms with E-state index in [9.17, 15) is 13.2 Å². The summed E-state index contributed by atoms with van der Waals surface area (Å²) in [6.45, 7) is 5.02. The predicted octanol–water partition coefficient (Wildman–Crippen LogP) is 6.91. The predicted molar refractivity (Wildman–Crippen MR) is 112 cm³/mol. The van der Waals surface area contributed by atoms with Crippen molar-refractivity contribution in [3.05, 3.63) is 29.8 Å². The Morgan fingerprint density at radius 1 is 1.00 bits per heavy atom. The van der Waals surface area contributed by atoms with E-state index in [1.54, 1.807) is 12.1 Å². The van der Waals surface area contributed by atoms with Gasteiger partial charge in [-0.15, -0.1) is 13.2 Å². The summed E-state index contributed by atoms with van der Waals surface area (Å²) in [5.41, 5.74) is 2.78. The molecule has 0 amide bonds. The van der Waals surface area contributed by atoms with Crippen molar-refractivity contribution in [3.8, 4) is 5.75 Å². The fourth-order valence-electron chi connectivity index (χ4n) is 5.53. The highest BCUT2D eigenvalue weighted by atomic mass is 28.2. The van der Waals surface area contributed by atoms with Crippen LogP contribution in [0.2, 0.25) is 12.1 Å². The largest absolute Gasteiger partial charge is 0.573 e. The fraction of sp³-hybridized carbons (Fsp3) is 0.739. The number of benzene rings is 1. The molecule has 0 saturated heterocycles. The highest BCUT2D eigenvalue weighted by Gasteiger charge is 2.39. The van der Waals surface area contributed by atoms with E-state index < -0.39 is 6.36 Å². The molecule has 0 aromatic heterocycles. The molecule has 2 saturated carbocycles. The Morgan fingerprint density at radius 3 is 2.14 bits per heavy atom. The van der Waals surface area contributed by atoms with Crippen molar-refractivity contribution >= 4 is 9.52 Å². The first-order valence-electron chi connectivity index (χ1n) is 11.1. The lowest BCUT2D eigenvalue weighted by Gasteiger charge is -2.46. The molecule has 0 N–H and O–H groups in total. The number of ether oxygens (including phenoxy) is 1. The summed E-state index contributed by atoms with van der Waals surface area (Å²) < 4.78 is 40.7. The van der Waals surface area contributed by atoms with Crippen molar-refractivity contribution in [1.82, 2.24) is 0 Å². The van der Waals surface area contributed by atoms with Crippen LogP contribution in [0.1, 0.15) is 70.3 Å². The third kappa shape index (κ3) is 6.01. The maximum absolute atomic E-state index is 12.2. The normalized spacial score (nSPS) is 32.0. The van der Waals surface area contributed by atoms with Gasteiger partial charge < -0.3 is 4.74 Å². The van der Waals surface area contributed by atoms with Crippen molar-refractivity contribution < 1.29 is 17.9 Å². The molecule has 2 aliphatic rings. The monoisotopic (exact) mass is 412 g/mol. The van der Waals surface area contributed by atoms with Crippen LogP contribution in [0.25, 0.3) is 0 Å². The van der Waals surface area contributed by atoms with E-state index in [0.29, 0.717) is 5.41 Å². The molecule has 0 heterocycles. The first-order chi connectivity index (χ1) is 13.3. The van der Waals surface area contributed by atoms with Gasteiger partial charge in [-0.05, 0) is 73.5 Å². The summed E-state index contributed by atoms with van der Waals surface area (Å²) in [5, 5.41) is 0. The highest BCUT2D eigenvalue weighted by molar-refractivity contribution is 6.35. The van der Waals surface area contributed by atoms with Gasteiger partial charge in [0.25, 0.3) is 0 Å². The molecule has 0 bridgehead atoms. The SMILES string of the molecule is C[SiH2][C@H]1CC[C@](C)(C2CCC(CCc3ccc(OC(F)(F)F)cc3)CC2)CC1. The molecule has 158 valence electrons. The Balaban J connectivity index is 1.41. The van der Waals surface area contributed by atoms with Crippen LogP contribution in [0, 0.1) is 17.3 Å². The van der Waals surface area contributed by atoms with E-state index in [0.717, 1.165) is 35.8 Å². The Bertz CT molecular complexity index is 597. The minimum absolute atomic E-state index is 0.134. The molecule has 0 atom stereocenters. The van der Waals surface area contributed by atoms with E-state index in [2.05, 4.69) is 18.2 Å². The molecular formula is C23H35F3OSi. The highest BCUT2D eigenvalue weighted by Crippen LogP contribution is 2.51. The van der Waals surface area contributed by atoms with Gasteiger partial charge in [-0.3, -0.25) is 0 Å². The van der Waals surface area contributed by atoms with E-state index in [1.807, 2.05) is 0 Å². The third-order valence-corrected chi connectivity index (χ3v) is 9.63. The molecule has 0 radical (unpaired) electrons. The number of rotatable bonds is 6. The Labute approximate surface area is 170 Å². The summed E-state index contributed by atoms with van der Waals surface area (Å²) in [5.74, 6) is 1.54. The molecule has 1 aromatic rings. The first-order valence-corrected chi connectivity index (χ1v) is 13.3. The first kappa shape index (κ1) is 21.7. The maximum atomic E-state index is 12.2. The van der Waals surface area contributed by atoms with Crippen LogP contribution in [0.15, 0.2) is 24.3 Å². The Hall–Kier alpha value is -0.973. The third-order valence-electron chi connectivity index (χ3n) is 7.66. The Morgan fingerprint density at radius 2 is 1.61 bits per heavy atom.